The van der Waals surface area contributed by atoms with Crippen LogP contribution in [0.3, 0.4) is 0 Å². The van der Waals surface area contributed by atoms with Crippen LogP contribution in [0.5, 0.6) is 0 Å². The third kappa shape index (κ3) is 69.1. The fraction of sp³-hybridized carbons (Fsp3) is 0.897. The molecule has 19 heteroatoms. The van der Waals surface area contributed by atoms with Crippen molar-refractivity contribution in [2.45, 2.75) is 394 Å². The zero-order chi connectivity index (χ0) is 71.6. The third-order valence-electron chi connectivity index (χ3n) is 18.2. The molecule has 0 bridgehead atoms. The van der Waals surface area contributed by atoms with E-state index < -0.39 is 97.5 Å². The van der Waals surface area contributed by atoms with Crippen molar-refractivity contribution in [1.82, 2.24) is 0 Å². The van der Waals surface area contributed by atoms with Crippen LogP contribution in [0, 0.1) is 17.8 Å². The van der Waals surface area contributed by atoms with E-state index in [1.165, 1.54) is 167 Å². The second kappa shape index (κ2) is 68.0. The molecule has 0 aliphatic carbocycles. The van der Waals surface area contributed by atoms with E-state index in [2.05, 4.69) is 72.8 Å². The van der Waals surface area contributed by atoms with Crippen molar-refractivity contribution in [3.8, 4) is 0 Å². The summed E-state index contributed by atoms with van der Waals surface area (Å²) in [5, 5.41) is 10.6. The summed E-state index contributed by atoms with van der Waals surface area (Å²) in [4.78, 5) is 72.8. The van der Waals surface area contributed by atoms with Crippen molar-refractivity contribution in [3.63, 3.8) is 0 Å². The number of phosphoric ester groups is 2. The molecule has 0 aromatic heterocycles. The predicted octanol–water partition coefficient (Wildman–Crippen LogP) is 22.5. The fourth-order valence-electron chi connectivity index (χ4n) is 11.4. The van der Waals surface area contributed by atoms with Crippen molar-refractivity contribution < 1.29 is 80.2 Å². The summed E-state index contributed by atoms with van der Waals surface area (Å²) in [5.74, 6) is 0.141. The Kier molecular flexibility index (Phi) is 66.3. The Morgan fingerprint density at radius 3 is 0.918 bits per heavy atom. The van der Waals surface area contributed by atoms with Crippen LogP contribution >= 0.6 is 15.6 Å². The average Bonchev–Trinajstić information content (AvgIpc) is 1.18. The standard InChI is InChI=1S/C78H148O17P2/c1-8-11-12-13-14-15-16-17-22-27-30-33-38-47-54-61-77(82)94-73(65-89-76(81)60-53-46-39-34-35-42-49-56-69(4)5)67-92-96(84,85)90-63-72(79)64-91-97(86,87)93-68-74(95-78(83)62-55-48-41-40-44-51-58-71(7)10-3)66-88-75(80)59-52-45-37-32-29-26-24-21-19-18-20-23-25-28-31-36-43-50-57-70(6)9-2/h15-17,22,69-74,79H,8-14,18-21,23-68H2,1-7H3,(H,84,85)(H,86,87)/b16-15-,22-17-/t70?,71?,72?,73-,74-/m1/s1. The number of ether oxygens (including phenoxy) is 4. The van der Waals surface area contributed by atoms with Gasteiger partial charge in [0.05, 0.1) is 26.4 Å². The lowest BCUT2D eigenvalue weighted by atomic mass is 9.99. The first kappa shape index (κ1) is 94.5. The average molecular weight is 1420 g/mol. The van der Waals surface area contributed by atoms with Gasteiger partial charge in [-0.2, -0.15) is 0 Å². The van der Waals surface area contributed by atoms with Gasteiger partial charge in [-0.1, -0.05) is 323 Å². The van der Waals surface area contributed by atoms with Gasteiger partial charge in [-0.15, -0.1) is 0 Å². The van der Waals surface area contributed by atoms with Crippen molar-refractivity contribution >= 4 is 39.5 Å². The molecular weight excluding hydrogens is 1270 g/mol. The van der Waals surface area contributed by atoms with Gasteiger partial charge in [0.15, 0.2) is 12.2 Å². The molecule has 572 valence electrons. The van der Waals surface area contributed by atoms with E-state index in [4.69, 9.17) is 37.0 Å². The van der Waals surface area contributed by atoms with Gasteiger partial charge in [-0.25, -0.2) is 9.13 Å². The van der Waals surface area contributed by atoms with E-state index in [0.29, 0.717) is 31.6 Å². The lowest BCUT2D eigenvalue weighted by Gasteiger charge is -2.21. The number of aliphatic hydroxyl groups is 1. The highest BCUT2D eigenvalue weighted by Crippen LogP contribution is 2.45. The van der Waals surface area contributed by atoms with E-state index in [1.807, 2.05) is 0 Å². The quantitative estimate of drug-likeness (QED) is 0.0169. The Balaban J connectivity index is 5.17. The minimum Gasteiger partial charge on any atom is -0.462 e. The normalized spacial score (nSPS) is 14.8. The fourth-order valence-corrected chi connectivity index (χ4v) is 12.9. The summed E-state index contributed by atoms with van der Waals surface area (Å²) in [6.45, 7) is 11.8. The van der Waals surface area contributed by atoms with Gasteiger partial charge >= 0.3 is 39.5 Å². The second-order valence-electron chi connectivity index (χ2n) is 28.4. The molecule has 0 aromatic carbocycles. The van der Waals surface area contributed by atoms with Gasteiger partial charge in [-0.05, 0) is 69.1 Å². The molecule has 0 rings (SSSR count). The van der Waals surface area contributed by atoms with Crippen LogP contribution in [0.1, 0.15) is 376 Å². The van der Waals surface area contributed by atoms with Gasteiger partial charge in [-0.3, -0.25) is 37.3 Å². The number of esters is 4. The summed E-state index contributed by atoms with van der Waals surface area (Å²) in [7, 11) is -9.92. The number of unbranched alkanes of at least 4 members (excludes halogenated alkanes) is 37. The highest BCUT2D eigenvalue weighted by Gasteiger charge is 2.30. The molecule has 0 saturated carbocycles. The number of hydrogen-bond donors (Lipinski definition) is 3. The van der Waals surface area contributed by atoms with Gasteiger partial charge in [0.2, 0.25) is 0 Å². The summed E-state index contributed by atoms with van der Waals surface area (Å²) in [6, 6.07) is 0. The Morgan fingerprint density at radius 2 is 0.608 bits per heavy atom. The summed E-state index contributed by atoms with van der Waals surface area (Å²) >= 11 is 0. The maximum Gasteiger partial charge on any atom is 0.472 e. The van der Waals surface area contributed by atoms with Gasteiger partial charge < -0.3 is 33.8 Å². The molecule has 0 fully saturated rings. The molecule has 17 nitrogen and oxygen atoms in total. The number of phosphoric acid groups is 2. The van der Waals surface area contributed by atoms with E-state index in [-0.39, 0.29) is 25.7 Å². The van der Waals surface area contributed by atoms with Gasteiger partial charge in [0.25, 0.3) is 0 Å². The number of carbonyl (C=O) groups is 4. The van der Waals surface area contributed by atoms with E-state index >= 15 is 0 Å². The van der Waals surface area contributed by atoms with E-state index in [1.54, 1.807) is 0 Å². The van der Waals surface area contributed by atoms with Crippen molar-refractivity contribution in [1.29, 1.82) is 0 Å². The van der Waals surface area contributed by atoms with Crippen molar-refractivity contribution in [3.05, 3.63) is 24.3 Å². The molecule has 0 aliphatic rings. The van der Waals surface area contributed by atoms with Crippen LogP contribution in [-0.4, -0.2) is 96.7 Å². The maximum atomic E-state index is 13.1. The highest BCUT2D eigenvalue weighted by molar-refractivity contribution is 7.47. The van der Waals surface area contributed by atoms with Crippen LogP contribution in [-0.2, 0) is 65.4 Å². The number of allylic oxidation sites excluding steroid dienone is 4. The van der Waals surface area contributed by atoms with Crippen LogP contribution in [0.2, 0.25) is 0 Å². The molecule has 0 heterocycles. The third-order valence-corrected chi connectivity index (χ3v) is 20.1. The second-order valence-corrected chi connectivity index (χ2v) is 31.3. The molecule has 3 N–H and O–H groups in total. The Hall–Kier alpha value is -2.46. The first-order valence-electron chi connectivity index (χ1n) is 39.7. The lowest BCUT2D eigenvalue weighted by Crippen LogP contribution is -2.30. The van der Waals surface area contributed by atoms with Gasteiger partial charge in [0.1, 0.15) is 19.3 Å². The minimum atomic E-state index is -4.96. The zero-order valence-electron chi connectivity index (χ0n) is 63.0. The molecule has 0 spiro atoms. The molecular formula is C78H148O17P2. The molecule has 0 aliphatic heterocycles. The molecule has 7 atom stereocenters. The maximum absolute atomic E-state index is 13.1. The Labute approximate surface area is 592 Å². The minimum absolute atomic E-state index is 0.0839. The Bertz CT molecular complexity index is 1990. The van der Waals surface area contributed by atoms with Crippen molar-refractivity contribution in [2.75, 3.05) is 39.6 Å². The predicted molar refractivity (Wildman–Crippen MR) is 395 cm³/mol. The van der Waals surface area contributed by atoms with E-state index in [0.717, 1.165) is 121 Å². The molecule has 0 radical (unpaired) electrons. The van der Waals surface area contributed by atoms with E-state index in [9.17, 15) is 43.2 Å². The molecule has 5 unspecified atom stereocenters. The summed E-state index contributed by atoms with van der Waals surface area (Å²) in [6.07, 6.45) is 58.0. The summed E-state index contributed by atoms with van der Waals surface area (Å²) in [5.41, 5.74) is 0. The largest absolute Gasteiger partial charge is 0.472 e. The van der Waals surface area contributed by atoms with Crippen molar-refractivity contribution in [2.24, 2.45) is 17.8 Å². The lowest BCUT2D eigenvalue weighted by molar-refractivity contribution is -0.161. The smallest absolute Gasteiger partial charge is 0.462 e. The number of hydrogen-bond acceptors (Lipinski definition) is 15. The topological polar surface area (TPSA) is 237 Å². The first-order valence-corrected chi connectivity index (χ1v) is 42.7. The molecule has 0 amide bonds. The number of aliphatic hydroxyl groups excluding tert-OH is 1. The van der Waals surface area contributed by atoms with Crippen LogP contribution in [0.15, 0.2) is 24.3 Å². The SMILES string of the molecule is CCCCCC/C=C\C=C/CCCCCCCC(=O)O[C@H](COC(=O)CCCCCCCCCC(C)C)COP(=O)(O)OCC(O)COP(=O)(O)OC[C@@H](COC(=O)CCCCCCCCCCCCCCCCCCCCC(C)CC)OC(=O)CCCCCCCCC(C)CC. The molecule has 0 aromatic rings. The number of rotatable bonds is 74. The van der Waals surface area contributed by atoms with Gasteiger partial charge in [0, 0.05) is 25.7 Å². The van der Waals surface area contributed by atoms with Crippen LogP contribution in [0.25, 0.3) is 0 Å². The Morgan fingerprint density at radius 1 is 0.340 bits per heavy atom. The van der Waals surface area contributed by atoms with Crippen LogP contribution in [0.4, 0.5) is 0 Å². The van der Waals surface area contributed by atoms with Crippen LogP contribution < -0.4 is 0 Å². The zero-order valence-corrected chi connectivity index (χ0v) is 64.8. The molecule has 97 heavy (non-hydrogen) atoms. The number of carbonyl (C=O) groups excluding carboxylic acids is 4. The monoisotopic (exact) mass is 1420 g/mol. The highest BCUT2D eigenvalue weighted by atomic mass is 31.2. The molecule has 0 saturated heterocycles. The first-order chi connectivity index (χ1) is 46.8. The summed E-state index contributed by atoms with van der Waals surface area (Å²) < 4.78 is 68.4.